The number of amides is 1. The van der Waals surface area contributed by atoms with Crippen molar-refractivity contribution in [2.24, 2.45) is 4.99 Å². The van der Waals surface area contributed by atoms with E-state index in [0.717, 1.165) is 34.0 Å². The zero-order valence-corrected chi connectivity index (χ0v) is 19.0. The highest BCUT2D eigenvalue weighted by Crippen LogP contribution is 2.53. The Kier molecular flexibility index (Phi) is 5.03. The fraction of sp³-hybridized carbons (Fsp3) is 0.231. The number of anilines is 2. The van der Waals surface area contributed by atoms with Crippen molar-refractivity contribution >= 4 is 40.4 Å². The van der Waals surface area contributed by atoms with Gasteiger partial charge >= 0.3 is 0 Å². The van der Waals surface area contributed by atoms with Crippen LogP contribution < -0.4 is 9.80 Å². The average Bonchev–Trinajstić information content (AvgIpc) is 2.92. The van der Waals surface area contributed by atoms with Gasteiger partial charge in [-0.2, -0.15) is 0 Å². The lowest BCUT2D eigenvalue weighted by Crippen LogP contribution is -2.74. The van der Waals surface area contributed by atoms with Gasteiger partial charge in [0.15, 0.2) is 6.10 Å². The van der Waals surface area contributed by atoms with Gasteiger partial charge < -0.3 is 9.64 Å². The van der Waals surface area contributed by atoms with Crippen molar-refractivity contribution in [3.63, 3.8) is 0 Å². The van der Waals surface area contributed by atoms with E-state index >= 15 is 0 Å². The second-order valence-electron chi connectivity index (χ2n) is 8.26. The van der Waals surface area contributed by atoms with E-state index < -0.39 is 11.6 Å². The van der Waals surface area contributed by atoms with Gasteiger partial charge in [-0.3, -0.25) is 9.69 Å². The first-order valence-corrected chi connectivity index (χ1v) is 10.9. The molecule has 1 saturated heterocycles. The highest BCUT2D eigenvalue weighted by molar-refractivity contribution is 6.30. The topological polar surface area (TPSA) is 45.1 Å². The van der Waals surface area contributed by atoms with Gasteiger partial charge in [0.2, 0.25) is 0 Å². The quantitative estimate of drug-likeness (QED) is 0.502. The van der Waals surface area contributed by atoms with Gasteiger partial charge in [0.05, 0.1) is 11.4 Å². The Morgan fingerprint density at radius 2 is 1.75 bits per heavy atom. The van der Waals surface area contributed by atoms with Crippen LogP contribution in [-0.2, 0) is 15.1 Å². The van der Waals surface area contributed by atoms with Crippen molar-refractivity contribution in [3.8, 4) is 0 Å². The number of carbonyl (C=O) groups is 1. The molecule has 2 atom stereocenters. The zero-order valence-electron chi connectivity index (χ0n) is 18.2. The molecule has 0 aliphatic carbocycles. The number of aryl methyl sites for hydroxylation is 1. The molecule has 2 aliphatic rings. The number of β-lactam (4-membered cyclic amide) rings is 1. The number of aliphatic imine (C=N–C) groups is 1. The molecule has 2 unspecified atom stereocenters. The summed E-state index contributed by atoms with van der Waals surface area (Å²) in [4.78, 5) is 22.3. The van der Waals surface area contributed by atoms with Gasteiger partial charge in [0, 0.05) is 31.3 Å². The van der Waals surface area contributed by atoms with Crippen molar-refractivity contribution in [2.75, 3.05) is 24.0 Å². The lowest BCUT2D eigenvalue weighted by molar-refractivity contribution is -0.147. The van der Waals surface area contributed by atoms with E-state index in [9.17, 15) is 4.79 Å². The molecule has 0 radical (unpaired) electrons. The van der Waals surface area contributed by atoms with Crippen LogP contribution in [0.1, 0.15) is 17.5 Å². The number of halogens is 1. The summed E-state index contributed by atoms with van der Waals surface area (Å²) in [6, 6.07) is 23.7. The predicted octanol–water partition coefficient (Wildman–Crippen LogP) is 5.48. The number of ether oxygens (including phenoxy) is 1. The number of para-hydroxylation sites is 3. The molecule has 6 heteroatoms. The molecule has 2 heterocycles. The lowest BCUT2D eigenvalue weighted by atomic mass is 9.71. The molecular weight excluding hydrogens is 422 g/mol. The van der Waals surface area contributed by atoms with Crippen LogP contribution in [0, 0.1) is 6.92 Å². The molecule has 5 nitrogen and oxygen atoms in total. The molecule has 3 aromatic rings. The summed E-state index contributed by atoms with van der Waals surface area (Å²) in [7, 11) is 3.62. The number of nitrogens with zero attached hydrogens (tertiary/aromatic N) is 3. The fourth-order valence-corrected chi connectivity index (χ4v) is 5.06. The highest BCUT2D eigenvalue weighted by atomic mass is 35.5. The predicted molar refractivity (Wildman–Crippen MR) is 129 cm³/mol. The molecule has 0 N–H and O–H groups in total. The monoisotopic (exact) mass is 445 g/mol. The Balaban J connectivity index is 1.73. The molecule has 32 heavy (non-hydrogen) atoms. The second-order valence-corrected chi connectivity index (χ2v) is 8.70. The van der Waals surface area contributed by atoms with E-state index in [0.29, 0.717) is 11.4 Å². The number of amidine groups is 1. The minimum Gasteiger partial charge on any atom is -0.369 e. The molecule has 162 valence electrons. The molecule has 5 rings (SSSR count). The van der Waals surface area contributed by atoms with Crippen LogP contribution in [-0.4, -0.2) is 32.0 Å². The first kappa shape index (κ1) is 20.7. The normalized spacial score (nSPS) is 21.8. The van der Waals surface area contributed by atoms with E-state index in [4.69, 9.17) is 21.3 Å². The Labute approximate surface area is 192 Å². The van der Waals surface area contributed by atoms with Crippen LogP contribution >= 0.6 is 11.6 Å². The Morgan fingerprint density at radius 1 is 1.06 bits per heavy atom. The molecule has 0 saturated carbocycles. The van der Waals surface area contributed by atoms with Crippen LogP contribution in [0.5, 0.6) is 0 Å². The molecule has 3 aromatic carbocycles. The second kappa shape index (κ2) is 7.76. The highest BCUT2D eigenvalue weighted by Gasteiger charge is 2.64. The van der Waals surface area contributed by atoms with Crippen LogP contribution in [0.25, 0.3) is 0 Å². The summed E-state index contributed by atoms with van der Waals surface area (Å²) in [5.74, 6) is 0.795. The Bertz CT molecular complexity index is 1220. The van der Waals surface area contributed by atoms with Gasteiger partial charge in [-0.25, -0.2) is 4.99 Å². The summed E-state index contributed by atoms with van der Waals surface area (Å²) in [5.41, 5.74) is 4.02. The first-order valence-electron chi connectivity index (χ1n) is 10.6. The lowest BCUT2D eigenvalue weighted by Gasteiger charge is -2.56. The summed E-state index contributed by atoms with van der Waals surface area (Å²) >= 11 is 6.20. The summed E-state index contributed by atoms with van der Waals surface area (Å²) < 4.78 is 5.79. The average molecular weight is 446 g/mol. The SMILES string of the molecule is COC1C(=O)N2c3ccccc3N=C(N(C)c3ccccc3C)CC12c1ccc(Cl)cc1. The van der Waals surface area contributed by atoms with E-state index in [1.54, 1.807) is 7.11 Å². The Hall–Kier alpha value is -3.15. The van der Waals surface area contributed by atoms with Gasteiger partial charge in [-0.05, 0) is 48.4 Å². The molecule has 0 aromatic heterocycles. The third-order valence-corrected chi connectivity index (χ3v) is 6.77. The molecular formula is C26H24ClN3O2. The minimum atomic E-state index is -0.723. The molecule has 1 amide bonds. The number of rotatable bonds is 3. The van der Waals surface area contributed by atoms with E-state index in [1.165, 1.54) is 0 Å². The summed E-state index contributed by atoms with van der Waals surface area (Å²) in [6.45, 7) is 2.09. The molecule has 2 aliphatic heterocycles. The van der Waals surface area contributed by atoms with Crippen molar-refractivity contribution in [3.05, 3.63) is 88.9 Å². The van der Waals surface area contributed by atoms with E-state index in [2.05, 4.69) is 24.0 Å². The number of fused-ring (bicyclic) bond motifs is 3. The van der Waals surface area contributed by atoms with Gasteiger partial charge in [-0.15, -0.1) is 0 Å². The number of hydrogen-bond acceptors (Lipinski definition) is 4. The first-order chi connectivity index (χ1) is 15.5. The zero-order chi connectivity index (χ0) is 22.5. The van der Waals surface area contributed by atoms with Crippen LogP contribution in [0.2, 0.25) is 5.02 Å². The Morgan fingerprint density at radius 3 is 2.47 bits per heavy atom. The standard InChI is InChI=1S/C26H24ClN3O2/c1-17-8-4-6-10-21(17)29(2)23-16-26(18-12-14-19(27)15-13-18)24(32-3)25(31)30(26)22-11-7-5-9-20(22)28-23/h4-15,24H,16H2,1-3H3. The smallest absolute Gasteiger partial charge is 0.259 e. The largest absolute Gasteiger partial charge is 0.369 e. The molecule has 0 bridgehead atoms. The number of carbonyl (C=O) groups excluding carboxylic acids is 1. The van der Waals surface area contributed by atoms with E-state index in [1.807, 2.05) is 72.6 Å². The number of methoxy groups -OCH3 is 1. The van der Waals surface area contributed by atoms with Gasteiger partial charge in [0.25, 0.3) is 5.91 Å². The van der Waals surface area contributed by atoms with Crippen LogP contribution in [0.15, 0.2) is 77.8 Å². The summed E-state index contributed by atoms with van der Waals surface area (Å²) in [5, 5.41) is 0.649. The van der Waals surface area contributed by atoms with Crippen LogP contribution in [0.4, 0.5) is 17.1 Å². The maximum Gasteiger partial charge on any atom is 0.259 e. The van der Waals surface area contributed by atoms with Crippen molar-refractivity contribution in [1.29, 1.82) is 0 Å². The maximum atomic E-state index is 13.3. The van der Waals surface area contributed by atoms with Gasteiger partial charge in [-0.1, -0.05) is 54.1 Å². The molecule has 0 spiro atoms. The van der Waals surface area contributed by atoms with E-state index in [-0.39, 0.29) is 5.91 Å². The molecule has 1 fully saturated rings. The van der Waals surface area contributed by atoms with Crippen molar-refractivity contribution in [2.45, 2.75) is 25.0 Å². The summed E-state index contributed by atoms with van der Waals surface area (Å²) in [6.07, 6.45) is -0.122. The minimum absolute atomic E-state index is 0.0649. The number of benzene rings is 3. The fourth-order valence-electron chi connectivity index (χ4n) is 4.93. The van der Waals surface area contributed by atoms with Gasteiger partial charge in [0.1, 0.15) is 11.4 Å². The number of hydrogen-bond donors (Lipinski definition) is 0. The van der Waals surface area contributed by atoms with Crippen molar-refractivity contribution in [1.82, 2.24) is 0 Å². The maximum absolute atomic E-state index is 13.3. The third kappa shape index (κ3) is 2.96. The third-order valence-electron chi connectivity index (χ3n) is 6.52. The van der Waals surface area contributed by atoms with Crippen LogP contribution in [0.3, 0.4) is 0 Å². The van der Waals surface area contributed by atoms with Crippen molar-refractivity contribution < 1.29 is 9.53 Å².